The van der Waals surface area contributed by atoms with Crippen molar-refractivity contribution in [2.24, 2.45) is 0 Å². The molecule has 0 bridgehead atoms. The first-order chi connectivity index (χ1) is 13.2. The molecule has 0 saturated carbocycles. The predicted octanol–water partition coefficient (Wildman–Crippen LogP) is 4.05. The first kappa shape index (κ1) is 18.8. The Balaban J connectivity index is 1.62. The van der Waals surface area contributed by atoms with Crippen molar-refractivity contribution >= 4 is 5.97 Å². The number of cyclic esters (lactones) is 1. The molecular weight excluding hydrogens is 344 g/mol. The molecule has 2 aromatic rings. The molecule has 1 aliphatic rings. The van der Waals surface area contributed by atoms with Gasteiger partial charge in [-0.3, -0.25) is 0 Å². The summed E-state index contributed by atoms with van der Waals surface area (Å²) in [6, 6.07) is 15.9. The molecular formula is C22H24O5. The lowest BCUT2D eigenvalue weighted by Gasteiger charge is -2.22. The number of aryl methyl sites for hydroxylation is 1. The first-order valence-corrected chi connectivity index (χ1v) is 8.96. The number of hydrogen-bond donors (Lipinski definition) is 0. The monoisotopic (exact) mass is 368 g/mol. The van der Waals surface area contributed by atoms with E-state index in [0.29, 0.717) is 30.3 Å². The van der Waals surface area contributed by atoms with Crippen LogP contribution in [0.4, 0.5) is 0 Å². The summed E-state index contributed by atoms with van der Waals surface area (Å²) < 4.78 is 21.9. The van der Waals surface area contributed by atoms with Gasteiger partial charge in [-0.1, -0.05) is 36.4 Å². The van der Waals surface area contributed by atoms with Crippen LogP contribution < -0.4 is 9.47 Å². The molecule has 0 amide bonds. The molecule has 0 spiro atoms. The van der Waals surface area contributed by atoms with E-state index >= 15 is 0 Å². The van der Waals surface area contributed by atoms with Crippen LogP contribution >= 0.6 is 0 Å². The zero-order chi connectivity index (χ0) is 19.1. The molecule has 1 heterocycles. The van der Waals surface area contributed by atoms with Crippen LogP contribution in [0.25, 0.3) is 0 Å². The number of esters is 1. The Morgan fingerprint density at radius 1 is 1.00 bits per heavy atom. The lowest BCUT2D eigenvalue weighted by Crippen LogP contribution is -2.23. The van der Waals surface area contributed by atoms with Gasteiger partial charge >= 0.3 is 5.97 Å². The minimum atomic E-state index is -0.343. The second-order valence-corrected chi connectivity index (χ2v) is 6.38. The van der Waals surface area contributed by atoms with E-state index in [1.165, 1.54) is 6.08 Å². The van der Waals surface area contributed by atoms with E-state index in [4.69, 9.17) is 18.9 Å². The van der Waals surface area contributed by atoms with Gasteiger partial charge in [-0.15, -0.1) is 0 Å². The smallest absolute Gasteiger partial charge is 0.334 e. The van der Waals surface area contributed by atoms with E-state index in [2.05, 4.69) is 0 Å². The molecule has 142 valence electrons. The van der Waals surface area contributed by atoms with E-state index in [1.807, 2.05) is 48.5 Å². The van der Waals surface area contributed by atoms with Gasteiger partial charge in [0.2, 0.25) is 0 Å². The van der Waals surface area contributed by atoms with Gasteiger partial charge in [0.15, 0.2) is 11.5 Å². The van der Waals surface area contributed by atoms with Crippen molar-refractivity contribution in [3.63, 3.8) is 0 Å². The zero-order valence-electron chi connectivity index (χ0n) is 15.6. The van der Waals surface area contributed by atoms with E-state index in [-0.39, 0.29) is 12.1 Å². The molecule has 2 aromatic carbocycles. The van der Waals surface area contributed by atoms with Gasteiger partial charge < -0.3 is 18.9 Å². The van der Waals surface area contributed by atoms with Gasteiger partial charge in [-0.25, -0.2) is 4.79 Å². The SMILES string of the molecule is COC1=CC(=O)OC(CCc2ccc(OC)c(OCc3ccccc3)c2)C1. The predicted molar refractivity (Wildman–Crippen MR) is 102 cm³/mol. The Morgan fingerprint density at radius 3 is 2.56 bits per heavy atom. The first-order valence-electron chi connectivity index (χ1n) is 8.96. The third-order valence-electron chi connectivity index (χ3n) is 4.47. The summed E-state index contributed by atoms with van der Waals surface area (Å²) in [6.45, 7) is 0.475. The second-order valence-electron chi connectivity index (χ2n) is 6.38. The standard InChI is InChI=1S/C22H24O5/c1-24-19-13-18(27-22(23)14-19)10-8-16-9-11-20(25-2)21(12-16)26-15-17-6-4-3-5-7-17/h3-7,9,11-12,14,18H,8,10,13,15H2,1-2H3. The zero-order valence-corrected chi connectivity index (χ0v) is 15.6. The topological polar surface area (TPSA) is 54.0 Å². The summed E-state index contributed by atoms with van der Waals surface area (Å²) in [5.41, 5.74) is 2.20. The van der Waals surface area contributed by atoms with Gasteiger partial charge in [-0.2, -0.15) is 0 Å². The van der Waals surface area contributed by atoms with Crippen molar-refractivity contribution in [2.75, 3.05) is 14.2 Å². The molecule has 3 rings (SSSR count). The Morgan fingerprint density at radius 2 is 1.81 bits per heavy atom. The van der Waals surface area contributed by atoms with E-state index in [1.54, 1.807) is 14.2 Å². The molecule has 1 unspecified atom stereocenters. The molecule has 0 saturated heterocycles. The van der Waals surface area contributed by atoms with E-state index < -0.39 is 0 Å². The summed E-state index contributed by atoms with van der Waals surface area (Å²) in [4.78, 5) is 11.6. The van der Waals surface area contributed by atoms with Gasteiger partial charge in [0.25, 0.3) is 0 Å². The fourth-order valence-corrected chi connectivity index (χ4v) is 3.01. The van der Waals surface area contributed by atoms with Crippen molar-refractivity contribution in [1.29, 1.82) is 0 Å². The number of hydrogen-bond acceptors (Lipinski definition) is 5. The van der Waals surface area contributed by atoms with Crippen LogP contribution in [0.3, 0.4) is 0 Å². The third-order valence-corrected chi connectivity index (χ3v) is 4.47. The molecule has 0 fully saturated rings. The molecule has 0 aliphatic carbocycles. The van der Waals surface area contributed by atoms with Gasteiger partial charge in [0, 0.05) is 6.42 Å². The van der Waals surface area contributed by atoms with Crippen LogP contribution in [0, 0.1) is 0 Å². The summed E-state index contributed by atoms with van der Waals surface area (Å²) in [6.07, 6.45) is 3.32. The lowest BCUT2D eigenvalue weighted by molar-refractivity contribution is -0.145. The Hall–Kier alpha value is -2.95. The summed E-state index contributed by atoms with van der Waals surface area (Å²) in [5, 5.41) is 0. The van der Waals surface area contributed by atoms with Crippen molar-refractivity contribution in [2.45, 2.75) is 32.0 Å². The molecule has 5 heteroatoms. The van der Waals surface area contributed by atoms with Crippen LogP contribution in [-0.4, -0.2) is 26.3 Å². The maximum Gasteiger partial charge on any atom is 0.334 e. The average molecular weight is 368 g/mol. The van der Waals surface area contributed by atoms with Crippen molar-refractivity contribution in [3.05, 3.63) is 71.5 Å². The number of methoxy groups -OCH3 is 2. The quantitative estimate of drug-likeness (QED) is 0.658. The summed E-state index contributed by atoms with van der Waals surface area (Å²) in [5.74, 6) is 1.72. The Labute approximate surface area is 159 Å². The van der Waals surface area contributed by atoms with Crippen molar-refractivity contribution < 1.29 is 23.7 Å². The number of carbonyl (C=O) groups is 1. The van der Waals surface area contributed by atoms with Gasteiger partial charge in [0.05, 0.1) is 20.3 Å². The van der Waals surface area contributed by atoms with Crippen molar-refractivity contribution in [3.8, 4) is 11.5 Å². The van der Waals surface area contributed by atoms with Crippen LogP contribution in [0.5, 0.6) is 11.5 Å². The molecule has 1 atom stereocenters. The van der Waals surface area contributed by atoms with Gasteiger partial charge in [-0.05, 0) is 36.1 Å². The molecule has 0 N–H and O–H groups in total. The molecule has 0 radical (unpaired) electrons. The van der Waals surface area contributed by atoms with Crippen LogP contribution in [0.15, 0.2) is 60.4 Å². The maximum absolute atomic E-state index is 11.6. The Kier molecular flexibility index (Phi) is 6.36. The lowest BCUT2D eigenvalue weighted by atomic mass is 10.0. The van der Waals surface area contributed by atoms with Crippen LogP contribution in [0.2, 0.25) is 0 Å². The van der Waals surface area contributed by atoms with E-state index in [9.17, 15) is 4.79 Å². The fourth-order valence-electron chi connectivity index (χ4n) is 3.01. The largest absolute Gasteiger partial charge is 0.501 e. The number of benzene rings is 2. The third kappa shape index (κ3) is 5.26. The fraction of sp³-hybridized carbons (Fsp3) is 0.318. The molecule has 1 aliphatic heterocycles. The maximum atomic E-state index is 11.6. The minimum absolute atomic E-state index is 0.173. The minimum Gasteiger partial charge on any atom is -0.501 e. The van der Waals surface area contributed by atoms with Crippen LogP contribution in [0.1, 0.15) is 24.0 Å². The average Bonchev–Trinajstić information content (AvgIpc) is 2.71. The molecule has 0 aromatic heterocycles. The van der Waals surface area contributed by atoms with Crippen molar-refractivity contribution in [1.82, 2.24) is 0 Å². The van der Waals surface area contributed by atoms with E-state index in [0.717, 1.165) is 24.0 Å². The number of rotatable bonds is 8. The molecule has 27 heavy (non-hydrogen) atoms. The number of ether oxygens (including phenoxy) is 4. The van der Waals surface area contributed by atoms with Crippen LogP contribution in [-0.2, 0) is 27.3 Å². The Bertz CT molecular complexity index is 798. The highest BCUT2D eigenvalue weighted by atomic mass is 16.6. The normalized spacial score (nSPS) is 16.3. The highest BCUT2D eigenvalue weighted by molar-refractivity contribution is 5.83. The summed E-state index contributed by atoms with van der Waals surface area (Å²) >= 11 is 0. The number of carbonyl (C=O) groups excluding carboxylic acids is 1. The summed E-state index contributed by atoms with van der Waals surface area (Å²) in [7, 11) is 3.20. The second kappa shape index (κ2) is 9.12. The highest BCUT2D eigenvalue weighted by Crippen LogP contribution is 2.30. The molecule has 5 nitrogen and oxygen atoms in total. The highest BCUT2D eigenvalue weighted by Gasteiger charge is 2.22. The van der Waals surface area contributed by atoms with Gasteiger partial charge in [0.1, 0.15) is 18.5 Å².